The van der Waals surface area contributed by atoms with Crippen molar-refractivity contribution in [3.8, 4) is 0 Å². The molecule has 0 aliphatic carbocycles. The molecule has 1 aliphatic rings. The van der Waals surface area contributed by atoms with E-state index in [0.29, 0.717) is 12.4 Å². The third kappa shape index (κ3) is 2.34. The lowest BCUT2D eigenvalue weighted by Crippen LogP contribution is -2.24. The number of fused-ring (bicyclic) bond motifs is 4. The summed E-state index contributed by atoms with van der Waals surface area (Å²) in [6.45, 7) is 2.79. The summed E-state index contributed by atoms with van der Waals surface area (Å²) in [6, 6.07) is 22.7. The molecule has 0 amide bonds. The van der Waals surface area contributed by atoms with Gasteiger partial charge in [-0.3, -0.25) is 0 Å². The van der Waals surface area contributed by atoms with Gasteiger partial charge in [0.25, 0.3) is 0 Å². The summed E-state index contributed by atoms with van der Waals surface area (Å²) in [4.78, 5) is 13.6. The first-order valence-corrected chi connectivity index (χ1v) is 9.63. The Balaban J connectivity index is 1.59. The summed E-state index contributed by atoms with van der Waals surface area (Å²) < 4.78 is 6.24. The molecule has 0 radical (unpaired) electrons. The van der Waals surface area contributed by atoms with Crippen LogP contribution in [0.15, 0.2) is 83.5 Å². The fourth-order valence-electron chi connectivity index (χ4n) is 4.19. The van der Waals surface area contributed by atoms with E-state index in [2.05, 4.69) is 75.2 Å². The van der Waals surface area contributed by atoms with E-state index in [1.807, 2.05) is 24.4 Å². The number of nitrogens with zero attached hydrogens (tertiary/aromatic N) is 4. The minimum atomic E-state index is 0.667. The molecule has 5 nitrogen and oxygen atoms in total. The van der Waals surface area contributed by atoms with Crippen LogP contribution >= 0.6 is 0 Å². The minimum Gasteiger partial charge on any atom is -0.435 e. The van der Waals surface area contributed by atoms with Gasteiger partial charge in [-0.25, -0.2) is 9.97 Å². The molecule has 0 N–H and O–H groups in total. The molecular formula is C24H18N4O. The van der Waals surface area contributed by atoms with Crippen molar-refractivity contribution in [1.29, 1.82) is 0 Å². The predicted molar refractivity (Wildman–Crippen MR) is 116 cm³/mol. The van der Waals surface area contributed by atoms with Crippen molar-refractivity contribution in [2.45, 2.75) is 6.92 Å². The molecule has 5 aromatic rings. The Morgan fingerprint density at radius 2 is 1.62 bits per heavy atom. The van der Waals surface area contributed by atoms with Gasteiger partial charge in [-0.2, -0.15) is 0 Å². The Bertz CT molecular complexity index is 1360. The second-order valence-electron chi connectivity index (χ2n) is 7.25. The quantitative estimate of drug-likeness (QED) is 0.381. The first kappa shape index (κ1) is 16.1. The molecule has 0 saturated carbocycles. The van der Waals surface area contributed by atoms with E-state index in [0.717, 1.165) is 44.8 Å². The third-order valence-corrected chi connectivity index (χ3v) is 5.53. The highest BCUT2D eigenvalue weighted by atomic mass is 16.3. The van der Waals surface area contributed by atoms with Crippen LogP contribution in [0.3, 0.4) is 0 Å². The number of para-hydroxylation sites is 1. The number of hydrogen-bond acceptors (Lipinski definition) is 5. The maximum atomic E-state index is 6.24. The van der Waals surface area contributed by atoms with Gasteiger partial charge in [0.15, 0.2) is 11.4 Å². The van der Waals surface area contributed by atoms with E-state index in [9.17, 15) is 0 Å². The van der Waals surface area contributed by atoms with Crippen molar-refractivity contribution >= 4 is 44.9 Å². The molecular weight excluding hydrogens is 360 g/mol. The first-order chi connectivity index (χ1) is 14.3. The van der Waals surface area contributed by atoms with Crippen LogP contribution in [0, 0.1) is 6.92 Å². The van der Waals surface area contributed by atoms with Crippen LogP contribution in [0.2, 0.25) is 0 Å². The number of anilines is 4. The predicted octanol–water partition coefficient (Wildman–Crippen LogP) is 5.93. The van der Waals surface area contributed by atoms with Gasteiger partial charge in [0, 0.05) is 28.9 Å². The van der Waals surface area contributed by atoms with Crippen LogP contribution in [-0.4, -0.2) is 16.6 Å². The van der Waals surface area contributed by atoms with Gasteiger partial charge in [0.05, 0.1) is 11.4 Å². The fraction of sp³-hybridized carbons (Fsp3) is 0.0833. The normalized spacial score (nSPS) is 13.4. The zero-order valence-corrected chi connectivity index (χ0v) is 15.9. The van der Waals surface area contributed by atoms with Crippen LogP contribution < -0.4 is 9.80 Å². The second-order valence-corrected chi connectivity index (χ2v) is 7.25. The van der Waals surface area contributed by atoms with Crippen LogP contribution in [0.4, 0.5) is 22.9 Å². The monoisotopic (exact) mass is 378 g/mol. The van der Waals surface area contributed by atoms with Gasteiger partial charge in [-0.1, -0.05) is 30.3 Å². The zero-order valence-electron chi connectivity index (χ0n) is 15.9. The Hall–Kier alpha value is -3.86. The summed E-state index contributed by atoms with van der Waals surface area (Å²) >= 11 is 0. The van der Waals surface area contributed by atoms with E-state index in [-0.39, 0.29) is 0 Å². The molecule has 0 fully saturated rings. The average Bonchev–Trinajstić information content (AvgIpc) is 3.33. The lowest BCUT2D eigenvalue weighted by Gasteiger charge is -2.23. The van der Waals surface area contributed by atoms with Crippen molar-refractivity contribution in [2.24, 2.45) is 0 Å². The molecule has 29 heavy (non-hydrogen) atoms. The molecule has 140 valence electrons. The molecule has 0 spiro atoms. The van der Waals surface area contributed by atoms with Crippen molar-refractivity contribution < 1.29 is 4.42 Å². The SMILES string of the molecule is Cc1ccc2c(oc3ncccc32)c1N1CN(c2ccccc2)c2ncccc21. The van der Waals surface area contributed by atoms with Gasteiger partial charge < -0.3 is 14.2 Å². The molecule has 0 atom stereocenters. The smallest absolute Gasteiger partial charge is 0.227 e. The lowest BCUT2D eigenvalue weighted by atomic mass is 10.1. The van der Waals surface area contributed by atoms with Crippen molar-refractivity contribution in [3.05, 3.63) is 84.7 Å². The number of hydrogen-bond donors (Lipinski definition) is 0. The molecule has 0 bridgehead atoms. The number of aryl methyl sites for hydroxylation is 1. The second kappa shape index (κ2) is 6.07. The van der Waals surface area contributed by atoms with E-state index in [1.54, 1.807) is 6.20 Å². The van der Waals surface area contributed by atoms with E-state index < -0.39 is 0 Å². The number of aromatic nitrogens is 2. The van der Waals surface area contributed by atoms with Crippen LogP contribution in [0.25, 0.3) is 22.1 Å². The highest BCUT2D eigenvalue weighted by Crippen LogP contribution is 2.46. The number of pyridine rings is 2. The Kier molecular flexibility index (Phi) is 3.38. The number of benzene rings is 2. The molecule has 5 heteroatoms. The van der Waals surface area contributed by atoms with Gasteiger partial charge in [0.2, 0.25) is 5.71 Å². The van der Waals surface area contributed by atoms with Gasteiger partial charge in [-0.05, 0) is 48.9 Å². The van der Waals surface area contributed by atoms with Crippen LogP contribution in [-0.2, 0) is 0 Å². The van der Waals surface area contributed by atoms with Gasteiger partial charge in [0.1, 0.15) is 6.67 Å². The van der Waals surface area contributed by atoms with E-state index in [4.69, 9.17) is 4.42 Å². The average molecular weight is 378 g/mol. The maximum absolute atomic E-state index is 6.24. The molecule has 3 aromatic heterocycles. The summed E-state index contributed by atoms with van der Waals surface area (Å²) in [5, 5.41) is 2.12. The Morgan fingerprint density at radius 3 is 2.52 bits per heavy atom. The Morgan fingerprint density at radius 1 is 0.793 bits per heavy atom. The van der Waals surface area contributed by atoms with Crippen LogP contribution in [0.1, 0.15) is 5.56 Å². The maximum Gasteiger partial charge on any atom is 0.227 e. The molecule has 2 aromatic carbocycles. The molecule has 1 aliphatic heterocycles. The molecule has 0 unspecified atom stereocenters. The fourth-order valence-corrected chi connectivity index (χ4v) is 4.19. The molecule has 4 heterocycles. The summed E-state index contributed by atoms with van der Waals surface area (Å²) in [5.41, 5.74) is 5.93. The summed E-state index contributed by atoms with van der Waals surface area (Å²) in [6.07, 6.45) is 3.61. The van der Waals surface area contributed by atoms with Crippen LogP contribution in [0.5, 0.6) is 0 Å². The largest absolute Gasteiger partial charge is 0.435 e. The Labute approximate surface area is 167 Å². The van der Waals surface area contributed by atoms with Crippen molar-refractivity contribution in [3.63, 3.8) is 0 Å². The van der Waals surface area contributed by atoms with E-state index in [1.165, 1.54) is 0 Å². The molecule has 0 saturated heterocycles. The zero-order chi connectivity index (χ0) is 19.4. The van der Waals surface area contributed by atoms with Crippen molar-refractivity contribution in [1.82, 2.24) is 9.97 Å². The summed E-state index contributed by atoms with van der Waals surface area (Å²) in [7, 11) is 0. The first-order valence-electron chi connectivity index (χ1n) is 9.63. The molecule has 6 rings (SSSR count). The topological polar surface area (TPSA) is 45.4 Å². The summed E-state index contributed by atoms with van der Waals surface area (Å²) in [5.74, 6) is 0.948. The highest BCUT2D eigenvalue weighted by Gasteiger charge is 2.31. The van der Waals surface area contributed by atoms with E-state index >= 15 is 0 Å². The lowest BCUT2D eigenvalue weighted by molar-refractivity contribution is 0.653. The van der Waals surface area contributed by atoms with Gasteiger partial charge in [-0.15, -0.1) is 0 Å². The van der Waals surface area contributed by atoms with Gasteiger partial charge >= 0.3 is 0 Å². The standard InChI is InChI=1S/C24H18N4O/c1-16-11-12-18-19-9-5-14-26-24(19)29-22(18)21(16)28-15-27(17-7-3-2-4-8-17)23-20(28)10-6-13-25-23/h2-14H,15H2,1H3. The number of furan rings is 1. The highest BCUT2D eigenvalue weighted by molar-refractivity contribution is 6.09. The third-order valence-electron chi connectivity index (χ3n) is 5.53. The minimum absolute atomic E-state index is 0.667. The number of rotatable bonds is 2. The van der Waals surface area contributed by atoms with Crippen molar-refractivity contribution in [2.75, 3.05) is 16.5 Å².